The van der Waals surface area contributed by atoms with E-state index in [1.54, 1.807) is 11.3 Å². The van der Waals surface area contributed by atoms with Gasteiger partial charge in [0.2, 0.25) is 0 Å². The number of aromatic amines is 1. The molecule has 3 rings (SSSR count). The normalized spacial score (nSPS) is 11.3. The first kappa shape index (κ1) is 9.12. The van der Waals surface area contributed by atoms with Gasteiger partial charge in [-0.3, -0.25) is 4.79 Å². The second kappa shape index (κ2) is 3.18. The molecule has 0 amide bonds. The van der Waals surface area contributed by atoms with Crippen LogP contribution in [0.1, 0.15) is 10.5 Å². The first-order valence-corrected chi connectivity index (χ1v) is 6.05. The zero-order valence-electron chi connectivity index (χ0n) is 7.58. The molecule has 0 radical (unpaired) electrons. The molecule has 4 heteroatoms. The van der Waals surface area contributed by atoms with Gasteiger partial charge in [-0.2, -0.15) is 0 Å². The lowest BCUT2D eigenvalue weighted by Gasteiger charge is -1.91. The maximum absolute atomic E-state index is 10.6. The van der Waals surface area contributed by atoms with Gasteiger partial charge in [0, 0.05) is 14.6 Å². The van der Waals surface area contributed by atoms with Gasteiger partial charge in [0.25, 0.3) is 0 Å². The smallest absolute Gasteiger partial charge is 0.166 e. The molecule has 0 aliphatic heterocycles. The fourth-order valence-electron chi connectivity index (χ4n) is 1.70. The first-order valence-electron chi connectivity index (χ1n) is 4.44. The minimum Gasteiger partial charge on any atom is -0.351 e. The molecule has 0 aliphatic rings. The summed E-state index contributed by atoms with van der Waals surface area (Å²) in [4.78, 5) is 13.8. The highest BCUT2D eigenvalue weighted by Crippen LogP contribution is 2.35. The van der Waals surface area contributed by atoms with Crippen LogP contribution in [0.4, 0.5) is 0 Å². The SMILES string of the molecule is O=Cc1cc2sc3ccc(Br)cc3c2[nH]1. The molecule has 3 aromatic rings. The van der Waals surface area contributed by atoms with Gasteiger partial charge in [-0.1, -0.05) is 15.9 Å². The van der Waals surface area contributed by atoms with E-state index in [-0.39, 0.29) is 0 Å². The molecule has 0 atom stereocenters. The molecular formula is C11H6BrNOS. The lowest BCUT2D eigenvalue weighted by Crippen LogP contribution is -1.75. The minimum atomic E-state index is 0.637. The number of halogens is 1. The Morgan fingerprint density at radius 2 is 2.13 bits per heavy atom. The summed E-state index contributed by atoms with van der Waals surface area (Å²) in [7, 11) is 0. The molecule has 15 heavy (non-hydrogen) atoms. The lowest BCUT2D eigenvalue weighted by molar-refractivity contribution is 0.112. The molecule has 0 fully saturated rings. The Bertz CT molecular complexity index is 668. The van der Waals surface area contributed by atoms with Crippen molar-refractivity contribution in [2.24, 2.45) is 0 Å². The number of H-pyrrole nitrogens is 1. The second-order valence-electron chi connectivity index (χ2n) is 3.32. The number of benzene rings is 1. The summed E-state index contributed by atoms with van der Waals surface area (Å²) < 4.78 is 3.42. The van der Waals surface area contributed by atoms with Gasteiger partial charge in [0.1, 0.15) is 0 Å². The molecule has 0 aliphatic carbocycles. The maximum atomic E-state index is 10.6. The van der Waals surface area contributed by atoms with Crippen LogP contribution in [0.3, 0.4) is 0 Å². The highest BCUT2D eigenvalue weighted by Gasteiger charge is 2.08. The Balaban J connectivity index is 2.47. The Morgan fingerprint density at radius 3 is 2.93 bits per heavy atom. The fourth-order valence-corrected chi connectivity index (χ4v) is 3.16. The summed E-state index contributed by atoms with van der Waals surface area (Å²) >= 11 is 5.14. The quantitative estimate of drug-likeness (QED) is 0.672. The van der Waals surface area contributed by atoms with Crippen molar-refractivity contribution >= 4 is 53.9 Å². The molecular weight excluding hydrogens is 274 g/mol. The predicted octanol–water partition coefficient (Wildman–Crippen LogP) is 3.96. The van der Waals surface area contributed by atoms with E-state index >= 15 is 0 Å². The molecule has 2 aromatic heterocycles. The third-order valence-corrected chi connectivity index (χ3v) is 3.97. The zero-order chi connectivity index (χ0) is 10.4. The number of hydrogen-bond acceptors (Lipinski definition) is 2. The zero-order valence-corrected chi connectivity index (χ0v) is 9.98. The lowest BCUT2D eigenvalue weighted by atomic mass is 10.2. The van der Waals surface area contributed by atoms with Gasteiger partial charge in [-0.05, 0) is 24.3 Å². The topological polar surface area (TPSA) is 32.9 Å². The third-order valence-electron chi connectivity index (χ3n) is 2.36. The number of thiophene rings is 1. The molecule has 2 nitrogen and oxygen atoms in total. The van der Waals surface area contributed by atoms with Crippen molar-refractivity contribution in [3.63, 3.8) is 0 Å². The van der Waals surface area contributed by atoms with Crippen molar-refractivity contribution in [1.29, 1.82) is 0 Å². The van der Waals surface area contributed by atoms with Crippen molar-refractivity contribution < 1.29 is 4.79 Å². The standard InChI is InChI=1S/C11H6BrNOS/c12-6-1-2-9-8(3-6)11-10(15-9)4-7(5-14)13-11/h1-5,13H. The summed E-state index contributed by atoms with van der Waals surface area (Å²) in [5.41, 5.74) is 1.69. The van der Waals surface area contributed by atoms with Crippen molar-refractivity contribution in [3.05, 3.63) is 34.4 Å². The molecule has 0 spiro atoms. The average Bonchev–Trinajstić information content (AvgIpc) is 2.75. The van der Waals surface area contributed by atoms with Gasteiger partial charge in [-0.15, -0.1) is 11.3 Å². The Kier molecular flexibility index (Phi) is 1.94. The van der Waals surface area contributed by atoms with Gasteiger partial charge >= 0.3 is 0 Å². The highest BCUT2D eigenvalue weighted by molar-refractivity contribution is 9.10. The van der Waals surface area contributed by atoms with Crippen molar-refractivity contribution in [1.82, 2.24) is 4.98 Å². The first-order chi connectivity index (χ1) is 7.28. The van der Waals surface area contributed by atoms with Crippen LogP contribution < -0.4 is 0 Å². The number of nitrogens with one attached hydrogen (secondary N) is 1. The Morgan fingerprint density at radius 1 is 1.27 bits per heavy atom. The van der Waals surface area contributed by atoms with Crippen LogP contribution in [-0.4, -0.2) is 11.3 Å². The molecule has 2 heterocycles. The van der Waals surface area contributed by atoms with Crippen LogP contribution in [0, 0.1) is 0 Å². The number of carbonyl (C=O) groups is 1. The van der Waals surface area contributed by atoms with Gasteiger partial charge < -0.3 is 4.98 Å². The van der Waals surface area contributed by atoms with E-state index in [4.69, 9.17) is 0 Å². The van der Waals surface area contributed by atoms with Crippen LogP contribution in [-0.2, 0) is 0 Å². The second-order valence-corrected chi connectivity index (χ2v) is 5.32. The van der Waals surface area contributed by atoms with E-state index in [0.29, 0.717) is 5.69 Å². The van der Waals surface area contributed by atoms with Crippen LogP contribution >= 0.6 is 27.3 Å². The van der Waals surface area contributed by atoms with Crippen LogP contribution in [0.25, 0.3) is 20.3 Å². The van der Waals surface area contributed by atoms with Crippen LogP contribution in [0.5, 0.6) is 0 Å². The maximum Gasteiger partial charge on any atom is 0.166 e. The number of aromatic nitrogens is 1. The molecule has 74 valence electrons. The molecule has 0 saturated carbocycles. The minimum absolute atomic E-state index is 0.637. The summed E-state index contributed by atoms with van der Waals surface area (Å²) in [6.45, 7) is 0. The van der Waals surface area contributed by atoms with Gasteiger partial charge in [0.05, 0.1) is 15.9 Å². The number of fused-ring (bicyclic) bond motifs is 3. The average molecular weight is 280 g/mol. The summed E-state index contributed by atoms with van der Waals surface area (Å²) in [6, 6.07) is 8.07. The van der Waals surface area contributed by atoms with E-state index in [1.165, 1.54) is 4.70 Å². The summed E-state index contributed by atoms with van der Waals surface area (Å²) in [5, 5.41) is 1.16. The van der Waals surface area contributed by atoms with E-state index < -0.39 is 0 Å². The number of rotatable bonds is 1. The summed E-state index contributed by atoms with van der Waals surface area (Å²) in [5.74, 6) is 0. The molecule has 0 bridgehead atoms. The van der Waals surface area contributed by atoms with E-state index in [9.17, 15) is 4.79 Å². The molecule has 0 unspecified atom stereocenters. The van der Waals surface area contributed by atoms with Crippen LogP contribution in [0.15, 0.2) is 28.7 Å². The van der Waals surface area contributed by atoms with E-state index in [0.717, 1.165) is 26.4 Å². The number of aldehydes is 1. The van der Waals surface area contributed by atoms with E-state index in [1.807, 2.05) is 12.1 Å². The van der Waals surface area contributed by atoms with Crippen molar-refractivity contribution in [2.75, 3.05) is 0 Å². The Hall–Kier alpha value is -1.13. The molecule has 1 N–H and O–H groups in total. The van der Waals surface area contributed by atoms with E-state index in [2.05, 4.69) is 33.0 Å². The van der Waals surface area contributed by atoms with Crippen LogP contribution in [0.2, 0.25) is 0 Å². The summed E-state index contributed by atoms with van der Waals surface area (Å²) in [6.07, 6.45) is 0.844. The number of hydrogen-bond donors (Lipinski definition) is 1. The number of carbonyl (C=O) groups excluding carboxylic acids is 1. The largest absolute Gasteiger partial charge is 0.351 e. The van der Waals surface area contributed by atoms with Crippen molar-refractivity contribution in [3.8, 4) is 0 Å². The van der Waals surface area contributed by atoms with Gasteiger partial charge in [0.15, 0.2) is 6.29 Å². The fraction of sp³-hybridized carbons (Fsp3) is 0. The molecule has 1 aromatic carbocycles. The monoisotopic (exact) mass is 279 g/mol. The van der Waals surface area contributed by atoms with Gasteiger partial charge in [-0.25, -0.2) is 0 Å². The Labute approximate surface area is 98.0 Å². The predicted molar refractivity (Wildman–Crippen MR) is 66.8 cm³/mol. The van der Waals surface area contributed by atoms with Crippen molar-refractivity contribution in [2.45, 2.75) is 0 Å². The third kappa shape index (κ3) is 1.33. The molecule has 0 saturated heterocycles. The highest BCUT2D eigenvalue weighted by atomic mass is 79.9.